The van der Waals surface area contributed by atoms with E-state index in [4.69, 9.17) is 4.52 Å². The van der Waals surface area contributed by atoms with Crippen molar-refractivity contribution in [2.45, 2.75) is 26.3 Å². The number of para-hydroxylation sites is 1. The highest BCUT2D eigenvalue weighted by Crippen LogP contribution is 2.20. The molecule has 6 heteroatoms. The summed E-state index contributed by atoms with van der Waals surface area (Å²) in [6.07, 6.45) is 1.91. The van der Waals surface area contributed by atoms with E-state index in [1.807, 2.05) is 59.4 Å². The van der Waals surface area contributed by atoms with Crippen LogP contribution in [0.4, 0.5) is 5.82 Å². The van der Waals surface area contributed by atoms with E-state index in [0.29, 0.717) is 24.2 Å². The van der Waals surface area contributed by atoms with Gasteiger partial charge in [-0.1, -0.05) is 61.5 Å². The van der Waals surface area contributed by atoms with Crippen LogP contribution in [0, 0.1) is 0 Å². The molecule has 4 aromatic rings. The molecule has 0 aliphatic rings. The molecule has 0 spiro atoms. The fraction of sp³-hybridized carbons (Fsp3) is 0.190. The first-order valence-corrected chi connectivity index (χ1v) is 8.97. The van der Waals surface area contributed by atoms with Gasteiger partial charge >= 0.3 is 0 Å². The first-order chi connectivity index (χ1) is 13.2. The monoisotopic (exact) mass is 359 g/mol. The second-order valence-corrected chi connectivity index (χ2v) is 6.62. The average Bonchev–Trinajstić information content (AvgIpc) is 3.37. The maximum Gasteiger partial charge on any atom is 0.246 e. The van der Waals surface area contributed by atoms with E-state index in [-0.39, 0.29) is 0 Å². The van der Waals surface area contributed by atoms with E-state index in [1.54, 1.807) is 0 Å². The van der Waals surface area contributed by atoms with Gasteiger partial charge in [0, 0.05) is 17.8 Å². The van der Waals surface area contributed by atoms with Crippen molar-refractivity contribution in [3.05, 3.63) is 78.3 Å². The molecule has 2 aromatic carbocycles. The molecule has 0 fully saturated rings. The summed E-state index contributed by atoms with van der Waals surface area (Å²) in [4.78, 5) is 4.46. The third kappa shape index (κ3) is 3.89. The van der Waals surface area contributed by atoms with E-state index in [2.05, 4.69) is 46.5 Å². The summed E-state index contributed by atoms with van der Waals surface area (Å²) in [5.41, 5.74) is 3.25. The summed E-state index contributed by atoms with van der Waals surface area (Å²) in [5, 5.41) is 11.8. The molecular weight excluding hydrogens is 338 g/mol. The highest BCUT2D eigenvalue weighted by atomic mass is 16.5. The average molecular weight is 359 g/mol. The minimum atomic E-state index is 0.420. The lowest BCUT2D eigenvalue weighted by atomic mass is 10.0. The highest BCUT2D eigenvalue weighted by Gasteiger charge is 2.10. The fourth-order valence-corrected chi connectivity index (χ4v) is 2.77. The van der Waals surface area contributed by atoms with E-state index in [0.717, 1.165) is 17.1 Å². The van der Waals surface area contributed by atoms with Gasteiger partial charge in [-0.05, 0) is 23.6 Å². The number of aromatic nitrogens is 4. The SMILES string of the molecule is CC(C)c1ccc(-c2noc(CNc3ccn(-c4ccccc4)n3)n2)cc1. The quantitative estimate of drug-likeness (QED) is 0.542. The third-order valence-corrected chi connectivity index (χ3v) is 4.33. The summed E-state index contributed by atoms with van der Waals surface area (Å²) in [6, 6.07) is 20.1. The molecule has 0 aliphatic carbocycles. The van der Waals surface area contributed by atoms with Gasteiger partial charge in [-0.15, -0.1) is 0 Å². The van der Waals surface area contributed by atoms with Gasteiger partial charge in [0.1, 0.15) is 5.82 Å². The van der Waals surface area contributed by atoms with Crippen molar-refractivity contribution < 1.29 is 4.52 Å². The maximum absolute atomic E-state index is 5.35. The number of rotatable bonds is 6. The highest BCUT2D eigenvalue weighted by molar-refractivity contribution is 5.54. The molecule has 27 heavy (non-hydrogen) atoms. The predicted octanol–water partition coefficient (Wildman–Crippen LogP) is 4.66. The minimum absolute atomic E-state index is 0.420. The fourth-order valence-electron chi connectivity index (χ4n) is 2.77. The Morgan fingerprint density at radius 1 is 1.00 bits per heavy atom. The molecule has 136 valence electrons. The molecule has 0 bridgehead atoms. The van der Waals surface area contributed by atoms with Crippen LogP contribution < -0.4 is 5.32 Å². The molecule has 0 amide bonds. The van der Waals surface area contributed by atoms with E-state index >= 15 is 0 Å². The Morgan fingerprint density at radius 3 is 2.52 bits per heavy atom. The van der Waals surface area contributed by atoms with Gasteiger partial charge in [-0.25, -0.2) is 4.68 Å². The van der Waals surface area contributed by atoms with Crippen LogP contribution in [-0.4, -0.2) is 19.9 Å². The lowest BCUT2D eigenvalue weighted by Crippen LogP contribution is -2.02. The van der Waals surface area contributed by atoms with Gasteiger partial charge in [0.15, 0.2) is 0 Å². The summed E-state index contributed by atoms with van der Waals surface area (Å²) >= 11 is 0. The normalized spacial score (nSPS) is 11.1. The van der Waals surface area contributed by atoms with Crippen LogP contribution in [0.25, 0.3) is 17.1 Å². The molecule has 0 atom stereocenters. The Balaban J connectivity index is 1.41. The zero-order valence-corrected chi connectivity index (χ0v) is 15.3. The molecule has 2 heterocycles. The zero-order valence-electron chi connectivity index (χ0n) is 15.3. The summed E-state index contributed by atoms with van der Waals surface area (Å²) in [5.74, 6) is 2.36. The largest absolute Gasteiger partial charge is 0.360 e. The van der Waals surface area contributed by atoms with Gasteiger partial charge in [0.2, 0.25) is 11.7 Å². The molecule has 0 radical (unpaired) electrons. The van der Waals surface area contributed by atoms with Crippen molar-refractivity contribution in [1.82, 2.24) is 19.9 Å². The molecule has 0 unspecified atom stereocenters. The summed E-state index contributed by atoms with van der Waals surface area (Å²) < 4.78 is 7.17. The maximum atomic E-state index is 5.35. The Morgan fingerprint density at radius 2 is 1.78 bits per heavy atom. The second kappa shape index (κ2) is 7.45. The second-order valence-electron chi connectivity index (χ2n) is 6.62. The van der Waals surface area contributed by atoms with Crippen molar-refractivity contribution >= 4 is 5.82 Å². The van der Waals surface area contributed by atoms with E-state index < -0.39 is 0 Å². The Hall–Kier alpha value is -3.41. The number of hydrogen-bond donors (Lipinski definition) is 1. The predicted molar refractivity (Wildman–Crippen MR) is 105 cm³/mol. The Kier molecular flexibility index (Phi) is 4.70. The molecule has 6 nitrogen and oxygen atoms in total. The van der Waals surface area contributed by atoms with Gasteiger partial charge in [-0.2, -0.15) is 10.1 Å². The number of benzene rings is 2. The van der Waals surface area contributed by atoms with E-state index in [9.17, 15) is 0 Å². The van der Waals surface area contributed by atoms with Crippen LogP contribution in [-0.2, 0) is 6.54 Å². The van der Waals surface area contributed by atoms with Gasteiger partial charge < -0.3 is 9.84 Å². The van der Waals surface area contributed by atoms with Crippen molar-refractivity contribution in [2.75, 3.05) is 5.32 Å². The van der Waals surface area contributed by atoms with Gasteiger partial charge in [-0.3, -0.25) is 0 Å². The van der Waals surface area contributed by atoms with Crippen LogP contribution in [0.2, 0.25) is 0 Å². The molecule has 4 rings (SSSR count). The Bertz CT molecular complexity index is 1000. The topological polar surface area (TPSA) is 68.8 Å². The standard InChI is InChI=1S/C21H21N5O/c1-15(2)16-8-10-17(11-9-16)21-23-20(27-25-21)14-22-19-12-13-26(24-19)18-6-4-3-5-7-18/h3-13,15H,14H2,1-2H3,(H,22,24). The van der Waals surface area contributed by atoms with Crippen LogP contribution in [0.5, 0.6) is 0 Å². The Labute approximate surface area is 157 Å². The van der Waals surface area contributed by atoms with Crippen LogP contribution in [0.15, 0.2) is 71.4 Å². The number of hydrogen-bond acceptors (Lipinski definition) is 5. The molecule has 0 saturated heterocycles. The van der Waals surface area contributed by atoms with Crippen molar-refractivity contribution in [3.8, 4) is 17.1 Å². The van der Waals surface area contributed by atoms with Gasteiger partial charge in [0.05, 0.1) is 12.2 Å². The first-order valence-electron chi connectivity index (χ1n) is 8.97. The van der Waals surface area contributed by atoms with Crippen molar-refractivity contribution in [3.63, 3.8) is 0 Å². The summed E-state index contributed by atoms with van der Waals surface area (Å²) in [7, 11) is 0. The smallest absolute Gasteiger partial charge is 0.246 e. The van der Waals surface area contributed by atoms with Gasteiger partial charge in [0.25, 0.3) is 0 Å². The first kappa shape index (κ1) is 17.0. The molecule has 0 saturated carbocycles. The number of nitrogens with one attached hydrogen (secondary N) is 1. The molecule has 2 aromatic heterocycles. The molecule has 0 aliphatic heterocycles. The number of anilines is 1. The molecule has 1 N–H and O–H groups in total. The number of nitrogens with zero attached hydrogens (tertiary/aromatic N) is 4. The zero-order chi connectivity index (χ0) is 18.6. The lowest BCUT2D eigenvalue weighted by molar-refractivity contribution is 0.384. The van der Waals surface area contributed by atoms with Crippen LogP contribution in [0.3, 0.4) is 0 Å². The van der Waals surface area contributed by atoms with Crippen LogP contribution in [0.1, 0.15) is 31.2 Å². The minimum Gasteiger partial charge on any atom is -0.360 e. The van der Waals surface area contributed by atoms with Crippen LogP contribution >= 0.6 is 0 Å². The van der Waals surface area contributed by atoms with Crippen molar-refractivity contribution in [2.24, 2.45) is 0 Å². The van der Waals surface area contributed by atoms with Crippen molar-refractivity contribution in [1.29, 1.82) is 0 Å². The molecular formula is C21H21N5O. The third-order valence-electron chi connectivity index (χ3n) is 4.33. The van der Waals surface area contributed by atoms with E-state index in [1.165, 1.54) is 5.56 Å². The lowest BCUT2D eigenvalue weighted by Gasteiger charge is -2.04. The summed E-state index contributed by atoms with van der Waals surface area (Å²) in [6.45, 7) is 4.77.